The Hall–Kier alpha value is -3.38. The molecule has 178 valence electrons. The molecule has 0 aliphatic carbocycles. The van der Waals surface area contributed by atoms with Gasteiger partial charge in [-0.15, -0.1) is 0 Å². The van der Waals surface area contributed by atoms with Crippen molar-refractivity contribution in [1.29, 1.82) is 0 Å². The molecule has 5 nitrogen and oxygen atoms in total. The monoisotopic (exact) mass is 461 g/mol. The molecule has 1 heterocycles. The number of carbonyl (C=O) groups is 1. The lowest BCUT2D eigenvalue weighted by molar-refractivity contribution is 0.0811. The van der Waals surface area contributed by atoms with Crippen molar-refractivity contribution in [2.45, 2.75) is 32.0 Å². The van der Waals surface area contributed by atoms with E-state index in [-0.39, 0.29) is 18.0 Å². The number of anilines is 1. The average molecular weight is 462 g/mol. The summed E-state index contributed by atoms with van der Waals surface area (Å²) in [6.45, 7) is 3.86. The summed E-state index contributed by atoms with van der Waals surface area (Å²) in [5.74, 6) is -0.250. The molecule has 0 atom stereocenters. The van der Waals surface area contributed by atoms with Gasteiger partial charge in [0.15, 0.2) is 0 Å². The van der Waals surface area contributed by atoms with Crippen molar-refractivity contribution < 1.29 is 13.9 Å². The second-order valence-corrected chi connectivity index (χ2v) is 8.71. The van der Waals surface area contributed by atoms with E-state index in [0.717, 1.165) is 31.6 Å². The van der Waals surface area contributed by atoms with Crippen LogP contribution in [0.5, 0.6) is 0 Å². The number of nitrogens with zero attached hydrogens (tertiary/aromatic N) is 2. The van der Waals surface area contributed by atoms with Crippen molar-refractivity contribution in [3.63, 3.8) is 0 Å². The summed E-state index contributed by atoms with van der Waals surface area (Å²) in [5, 5.41) is 3.36. The molecule has 3 aromatic rings. The minimum Gasteiger partial charge on any atom is -0.448 e. The van der Waals surface area contributed by atoms with E-state index in [0.29, 0.717) is 26.2 Å². The first kappa shape index (κ1) is 23.8. The molecule has 1 aliphatic rings. The van der Waals surface area contributed by atoms with E-state index < -0.39 is 0 Å². The topological polar surface area (TPSA) is 44.8 Å². The smallest absolute Gasteiger partial charge is 0.409 e. The fourth-order valence-electron chi connectivity index (χ4n) is 4.27. The largest absolute Gasteiger partial charge is 0.448 e. The molecule has 3 aromatic carbocycles. The number of halogens is 1. The molecule has 1 fully saturated rings. The van der Waals surface area contributed by atoms with Gasteiger partial charge in [0.25, 0.3) is 0 Å². The van der Waals surface area contributed by atoms with E-state index in [1.54, 1.807) is 11.0 Å². The first-order valence-electron chi connectivity index (χ1n) is 11.9. The SMILES string of the molecule is O=C(OCCN(Cc1ccccc1)Cc1ccccc1)N1CCC(Nc2cccc(F)c2)CC1. The molecular formula is C28H32FN3O2. The lowest BCUT2D eigenvalue weighted by Gasteiger charge is -2.32. The Kier molecular flexibility index (Phi) is 8.52. The number of ether oxygens (including phenoxy) is 1. The van der Waals surface area contributed by atoms with Crippen LogP contribution in [-0.2, 0) is 17.8 Å². The van der Waals surface area contributed by atoms with Gasteiger partial charge in [0.1, 0.15) is 12.4 Å². The van der Waals surface area contributed by atoms with Gasteiger partial charge in [-0.25, -0.2) is 9.18 Å². The third kappa shape index (κ3) is 7.32. The molecule has 0 spiro atoms. The number of likely N-dealkylation sites (tertiary alicyclic amines) is 1. The molecule has 1 saturated heterocycles. The number of hydrogen-bond donors (Lipinski definition) is 1. The Balaban J connectivity index is 1.23. The van der Waals surface area contributed by atoms with Crippen LogP contribution in [0, 0.1) is 5.82 Å². The Morgan fingerprint density at radius 1 is 0.912 bits per heavy atom. The van der Waals surface area contributed by atoms with Gasteiger partial charge in [-0.2, -0.15) is 0 Å². The summed E-state index contributed by atoms with van der Waals surface area (Å²) in [6.07, 6.45) is 1.35. The van der Waals surface area contributed by atoms with Crippen LogP contribution >= 0.6 is 0 Å². The van der Waals surface area contributed by atoms with E-state index in [1.165, 1.54) is 23.3 Å². The summed E-state index contributed by atoms with van der Waals surface area (Å²) in [6, 6.07) is 27.4. The quantitative estimate of drug-likeness (QED) is 0.454. The normalized spacial score (nSPS) is 14.2. The summed E-state index contributed by atoms with van der Waals surface area (Å²) < 4.78 is 19.0. The van der Waals surface area contributed by atoms with E-state index >= 15 is 0 Å². The van der Waals surface area contributed by atoms with Gasteiger partial charge < -0.3 is 15.0 Å². The van der Waals surface area contributed by atoms with E-state index in [4.69, 9.17) is 4.74 Å². The van der Waals surface area contributed by atoms with Crippen LogP contribution in [0.25, 0.3) is 0 Å². The molecule has 1 aliphatic heterocycles. The number of piperidine rings is 1. The van der Waals surface area contributed by atoms with Gasteiger partial charge in [-0.05, 0) is 42.2 Å². The standard InChI is InChI=1S/C28H32FN3O2/c29-25-12-7-13-27(20-25)30-26-14-16-32(17-15-26)28(33)34-19-18-31(21-23-8-3-1-4-9-23)22-24-10-5-2-6-11-24/h1-13,20,26,30H,14-19,21-22H2. The van der Waals surface area contributed by atoms with E-state index in [1.807, 2.05) is 42.5 Å². The number of rotatable bonds is 9. The zero-order valence-corrected chi connectivity index (χ0v) is 19.4. The number of nitrogens with one attached hydrogen (secondary N) is 1. The fraction of sp³-hybridized carbons (Fsp3) is 0.321. The van der Waals surface area contributed by atoms with Gasteiger partial charge in [0.2, 0.25) is 0 Å². The van der Waals surface area contributed by atoms with Crippen molar-refractivity contribution in [3.05, 3.63) is 102 Å². The van der Waals surface area contributed by atoms with Crippen LogP contribution in [0.15, 0.2) is 84.9 Å². The van der Waals surface area contributed by atoms with Crippen LogP contribution in [0.1, 0.15) is 24.0 Å². The second-order valence-electron chi connectivity index (χ2n) is 8.71. The molecule has 34 heavy (non-hydrogen) atoms. The number of hydrogen-bond acceptors (Lipinski definition) is 4. The van der Waals surface area contributed by atoms with Gasteiger partial charge in [-0.3, -0.25) is 4.90 Å². The molecule has 1 amide bonds. The van der Waals surface area contributed by atoms with Crippen molar-refractivity contribution in [2.24, 2.45) is 0 Å². The maximum absolute atomic E-state index is 13.4. The summed E-state index contributed by atoms with van der Waals surface area (Å²) in [7, 11) is 0. The molecule has 0 aromatic heterocycles. The highest BCUT2D eigenvalue weighted by atomic mass is 19.1. The van der Waals surface area contributed by atoms with Crippen LogP contribution in [0.2, 0.25) is 0 Å². The molecule has 0 radical (unpaired) electrons. The molecular weight excluding hydrogens is 429 g/mol. The van der Waals surface area contributed by atoms with Gasteiger partial charge >= 0.3 is 6.09 Å². The molecule has 0 saturated carbocycles. The van der Waals surface area contributed by atoms with Crippen LogP contribution in [-0.4, -0.2) is 48.2 Å². The van der Waals surface area contributed by atoms with E-state index in [2.05, 4.69) is 34.5 Å². The van der Waals surface area contributed by atoms with Crippen LogP contribution < -0.4 is 5.32 Å². The summed E-state index contributed by atoms with van der Waals surface area (Å²) in [4.78, 5) is 16.7. The third-order valence-electron chi connectivity index (χ3n) is 6.08. The van der Waals surface area contributed by atoms with Gasteiger partial charge in [-0.1, -0.05) is 66.7 Å². The Morgan fingerprint density at radius 2 is 1.53 bits per heavy atom. The van der Waals surface area contributed by atoms with Crippen molar-refractivity contribution in [2.75, 3.05) is 31.6 Å². The van der Waals surface area contributed by atoms with Crippen LogP contribution in [0.4, 0.5) is 14.9 Å². The zero-order chi connectivity index (χ0) is 23.6. The lowest BCUT2D eigenvalue weighted by Crippen LogP contribution is -2.43. The Bertz CT molecular complexity index is 983. The Morgan fingerprint density at radius 3 is 2.12 bits per heavy atom. The van der Waals surface area contributed by atoms with Gasteiger partial charge in [0, 0.05) is 44.5 Å². The highest BCUT2D eigenvalue weighted by molar-refractivity contribution is 5.67. The number of benzene rings is 3. The average Bonchev–Trinajstić information content (AvgIpc) is 2.86. The Labute approximate surface area is 201 Å². The van der Waals surface area contributed by atoms with Crippen molar-refractivity contribution in [3.8, 4) is 0 Å². The molecule has 1 N–H and O–H groups in total. The summed E-state index contributed by atoms with van der Waals surface area (Å²) in [5.41, 5.74) is 3.24. The van der Waals surface area contributed by atoms with E-state index in [9.17, 15) is 9.18 Å². The van der Waals surface area contributed by atoms with Crippen molar-refractivity contribution in [1.82, 2.24) is 9.80 Å². The highest BCUT2D eigenvalue weighted by Gasteiger charge is 2.24. The van der Waals surface area contributed by atoms with Crippen molar-refractivity contribution >= 4 is 11.8 Å². The fourth-order valence-corrected chi connectivity index (χ4v) is 4.27. The highest BCUT2D eigenvalue weighted by Crippen LogP contribution is 2.18. The van der Waals surface area contributed by atoms with Crippen LogP contribution in [0.3, 0.4) is 0 Å². The molecule has 0 bridgehead atoms. The maximum Gasteiger partial charge on any atom is 0.409 e. The molecule has 4 rings (SSSR count). The second kappa shape index (κ2) is 12.2. The lowest BCUT2D eigenvalue weighted by atomic mass is 10.1. The predicted octanol–water partition coefficient (Wildman–Crippen LogP) is 5.54. The summed E-state index contributed by atoms with van der Waals surface area (Å²) >= 11 is 0. The maximum atomic E-state index is 13.4. The molecule has 6 heteroatoms. The predicted molar refractivity (Wildman–Crippen MR) is 133 cm³/mol. The van der Waals surface area contributed by atoms with Gasteiger partial charge in [0.05, 0.1) is 0 Å². The first-order chi connectivity index (χ1) is 16.7. The first-order valence-corrected chi connectivity index (χ1v) is 11.9. The molecule has 0 unspecified atom stereocenters. The number of carbonyl (C=O) groups excluding carboxylic acids is 1. The number of amides is 1. The minimum absolute atomic E-state index is 0.220. The third-order valence-corrected chi connectivity index (χ3v) is 6.08. The minimum atomic E-state index is -0.261. The zero-order valence-electron chi connectivity index (χ0n) is 19.4.